The van der Waals surface area contributed by atoms with E-state index in [2.05, 4.69) is 10.3 Å². The Kier molecular flexibility index (Phi) is 5.97. The Balaban J connectivity index is 1.84. The van der Waals surface area contributed by atoms with Gasteiger partial charge in [-0.3, -0.25) is 4.79 Å². The number of aromatic nitrogens is 1. The number of hydrogen-bond donors (Lipinski definition) is 1. The summed E-state index contributed by atoms with van der Waals surface area (Å²) in [5, 5.41) is 2.81. The molecule has 0 saturated carbocycles. The lowest BCUT2D eigenvalue weighted by atomic mass is 10.1. The van der Waals surface area contributed by atoms with Crippen LogP contribution in [0.1, 0.15) is 23.6 Å². The third-order valence-electron chi connectivity index (χ3n) is 3.46. The zero-order valence-corrected chi connectivity index (χ0v) is 13.8. The number of pyridine rings is 1. The van der Waals surface area contributed by atoms with Crippen LogP contribution < -0.4 is 14.8 Å². The van der Waals surface area contributed by atoms with Gasteiger partial charge in [0.2, 0.25) is 5.88 Å². The average Bonchev–Trinajstić information content (AvgIpc) is 2.55. The predicted octanol–water partition coefficient (Wildman–Crippen LogP) is 2.79. The molecule has 0 bridgehead atoms. The number of carbonyl (C=O) groups is 1. The molecule has 1 heterocycles. The first-order chi connectivity index (χ1) is 11.1. The highest BCUT2D eigenvalue weighted by atomic mass is 16.5. The molecule has 2 rings (SSSR count). The molecule has 0 aliphatic heterocycles. The van der Waals surface area contributed by atoms with Crippen LogP contribution in [0.2, 0.25) is 0 Å². The number of carbonyl (C=O) groups excluding carboxylic acids is 1. The first-order valence-corrected chi connectivity index (χ1v) is 7.63. The van der Waals surface area contributed by atoms with Gasteiger partial charge in [0.25, 0.3) is 5.91 Å². The molecule has 2 aromatic rings. The number of ether oxygens (including phenoxy) is 2. The second-order valence-corrected chi connectivity index (χ2v) is 5.21. The lowest BCUT2D eigenvalue weighted by molar-refractivity contribution is -0.123. The molecule has 0 spiro atoms. The maximum atomic E-state index is 11.9. The molecule has 0 aliphatic rings. The fourth-order valence-corrected chi connectivity index (χ4v) is 2.02. The smallest absolute Gasteiger partial charge is 0.258 e. The standard InChI is InChI=1S/C18H22N2O3/c1-4-22-18-15(6-5-9-19-18)11-20-17(21)12-23-16-8-7-13(2)14(3)10-16/h5-10H,4,11-12H2,1-3H3,(H,20,21). The second kappa shape index (κ2) is 8.17. The molecule has 1 aromatic carbocycles. The summed E-state index contributed by atoms with van der Waals surface area (Å²) < 4.78 is 10.9. The van der Waals surface area contributed by atoms with Crippen LogP contribution in [0.15, 0.2) is 36.5 Å². The third-order valence-corrected chi connectivity index (χ3v) is 3.46. The van der Waals surface area contributed by atoms with Crippen LogP contribution in [-0.4, -0.2) is 24.1 Å². The van der Waals surface area contributed by atoms with E-state index >= 15 is 0 Å². The van der Waals surface area contributed by atoms with E-state index in [1.165, 1.54) is 5.56 Å². The Labute approximate surface area is 136 Å². The van der Waals surface area contributed by atoms with Crippen LogP contribution in [0, 0.1) is 13.8 Å². The number of benzene rings is 1. The monoisotopic (exact) mass is 314 g/mol. The van der Waals surface area contributed by atoms with Gasteiger partial charge in [0.15, 0.2) is 6.61 Å². The minimum absolute atomic E-state index is 0.0211. The van der Waals surface area contributed by atoms with Gasteiger partial charge in [-0.15, -0.1) is 0 Å². The van der Waals surface area contributed by atoms with Crippen molar-refractivity contribution in [2.24, 2.45) is 0 Å². The van der Waals surface area contributed by atoms with E-state index in [0.29, 0.717) is 24.8 Å². The van der Waals surface area contributed by atoms with Crippen LogP contribution in [0.5, 0.6) is 11.6 Å². The lowest BCUT2D eigenvalue weighted by Crippen LogP contribution is -2.28. The van der Waals surface area contributed by atoms with E-state index in [9.17, 15) is 4.79 Å². The first kappa shape index (κ1) is 16.8. The van der Waals surface area contributed by atoms with E-state index in [1.54, 1.807) is 6.20 Å². The summed E-state index contributed by atoms with van der Waals surface area (Å²) in [6, 6.07) is 9.46. The van der Waals surface area contributed by atoms with Gasteiger partial charge in [-0.2, -0.15) is 0 Å². The van der Waals surface area contributed by atoms with Crippen molar-refractivity contribution in [3.05, 3.63) is 53.2 Å². The minimum Gasteiger partial charge on any atom is -0.484 e. The topological polar surface area (TPSA) is 60.5 Å². The summed E-state index contributed by atoms with van der Waals surface area (Å²) in [5.41, 5.74) is 3.18. The van der Waals surface area contributed by atoms with Crippen molar-refractivity contribution in [2.75, 3.05) is 13.2 Å². The van der Waals surface area contributed by atoms with Gasteiger partial charge < -0.3 is 14.8 Å². The largest absolute Gasteiger partial charge is 0.484 e. The summed E-state index contributed by atoms with van der Waals surface area (Å²) in [4.78, 5) is 16.1. The number of rotatable bonds is 7. The molecule has 0 saturated heterocycles. The van der Waals surface area contributed by atoms with Crippen LogP contribution in [0.4, 0.5) is 0 Å². The molecule has 1 amide bonds. The molecular formula is C18H22N2O3. The van der Waals surface area contributed by atoms with Crippen molar-refractivity contribution in [1.29, 1.82) is 0 Å². The van der Waals surface area contributed by atoms with Crippen molar-refractivity contribution in [1.82, 2.24) is 10.3 Å². The molecule has 5 heteroatoms. The van der Waals surface area contributed by atoms with Gasteiger partial charge in [0.05, 0.1) is 6.61 Å². The molecule has 0 fully saturated rings. The fraction of sp³-hybridized carbons (Fsp3) is 0.333. The van der Waals surface area contributed by atoms with Crippen molar-refractivity contribution in [3.8, 4) is 11.6 Å². The predicted molar refractivity (Wildman–Crippen MR) is 88.7 cm³/mol. The van der Waals surface area contributed by atoms with Gasteiger partial charge >= 0.3 is 0 Å². The molecule has 23 heavy (non-hydrogen) atoms. The molecule has 1 aromatic heterocycles. The number of nitrogens with one attached hydrogen (secondary N) is 1. The summed E-state index contributed by atoms with van der Waals surface area (Å²) in [5.74, 6) is 1.06. The SMILES string of the molecule is CCOc1ncccc1CNC(=O)COc1ccc(C)c(C)c1. The second-order valence-electron chi connectivity index (χ2n) is 5.21. The van der Waals surface area contributed by atoms with E-state index in [-0.39, 0.29) is 12.5 Å². The molecule has 122 valence electrons. The highest BCUT2D eigenvalue weighted by molar-refractivity contribution is 5.77. The third kappa shape index (κ3) is 4.98. The number of aryl methyl sites for hydroxylation is 2. The maximum absolute atomic E-state index is 11.9. The number of nitrogens with zero attached hydrogens (tertiary/aromatic N) is 1. The summed E-state index contributed by atoms with van der Waals surface area (Å²) in [6.07, 6.45) is 1.67. The van der Waals surface area contributed by atoms with Crippen LogP contribution in [0.25, 0.3) is 0 Å². The first-order valence-electron chi connectivity index (χ1n) is 7.63. The van der Waals surface area contributed by atoms with E-state index < -0.39 is 0 Å². The van der Waals surface area contributed by atoms with Gasteiger partial charge in [-0.1, -0.05) is 12.1 Å². The van der Waals surface area contributed by atoms with E-state index in [4.69, 9.17) is 9.47 Å². The fourth-order valence-electron chi connectivity index (χ4n) is 2.02. The van der Waals surface area contributed by atoms with Crippen LogP contribution in [0.3, 0.4) is 0 Å². The Bertz CT molecular complexity index is 671. The zero-order valence-electron chi connectivity index (χ0n) is 13.8. The highest BCUT2D eigenvalue weighted by Crippen LogP contribution is 2.16. The Morgan fingerprint density at radius 2 is 2.00 bits per heavy atom. The lowest BCUT2D eigenvalue weighted by Gasteiger charge is -2.11. The van der Waals surface area contributed by atoms with Gasteiger partial charge in [0.1, 0.15) is 5.75 Å². The number of hydrogen-bond acceptors (Lipinski definition) is 4. The molecular weight excluding hydrogens is 292 g/mol. The molecule has 5 nitrogen and oxygen atoms in total. The average molecular weight is 314 g/mol. The molecule has 1 N–H and O–H groups in total. The van der Waals surface area contributed by atoms with Gasteiger partial charge in [-0.05, 0) is 50.1 Å². The van der Waals surface area contributed by atoms with E-state index in [0.717, 1.165) is 11.1 Å². The van der Waals surface area contributed by atoms with Gasteiger partial charge in [0, 0.05) is 18.3 Å². The van der Waals surface area contributed by atoms with Crippen LogP contribution in [-0.2, 0) is 11.3 Å². The molecule has 0 radical (unpaired) electrons. The minimum atomic E-state index is -0.186. The van der Waals surface area contributed by atoms with Crippen molar-refractivity contribution >= 4 is 5.91 Å². The normalized spacial score (nSPS) is 10.2. The molecule has 0 unspecified atom stereocenters. The Morgan fingerprint density at radius 1 is 1.17 bits per heavy atom. The highest BCUT2D eigenvalue weighted by Gasteiger charge is 2.07. The molecule has 0 aliphatic carbocycles. The van der Waals surface area contributed by atoms with Crippen molar-refractivity contribution in [3.63, 3.8) is 0 Å². The number of amides is 1. The van der Waals surface area contributed by atoms with Crippen molar-refractivity contribution in [2.45, 2.75) is 27.3 Å². The summed E-state index contributed by atoms with van der Waals surface area (Å²) >= 11 is 0. The Morgan fingerprint density at radius 3 is 2.74 bits per heavy atom. The quantitative estimate of drug-likeness (QED) is 0.853. The Hall–Kier alpha value is -2.56. The van der Waals surface area contributed by atoms with Crippen molar-refractivity contribution < 1.29 is 14.3 Å². The summed E-state index contributed by atoms with van der Waals surface area (Å²) in [7, 11) is 0. The summed E-state index contributed by atoms with van der Waals surface area (Å²) in [6.45, 7) is 6.82. The maximum Gasteiger partial charge on any atom is 0.258 e. The zero-order chi connectivity index (χ0) is 16.7. The van der Waals surface area contributed by atoms with E-state index in [1.807, 2.05) is 51.1 Å². The van der Waals surface area contributed by atoms with Gasteiger partial charge in [-0.25, -0.2) is 4.98 Å². The molecule has 0 atom stereocenters. The van der Waals surface area contributed by atoms with Crippen LogP contribution >= 0.6 is 0 Å².